The summed E-state index contributed by atoms with van der Waals surface area (Å²) in [5.41, 5.74) is 3.62. The zero-order chi connectivity index (χ0) is 19.6. The summed E-state index contributed by atoms with van der Waals surface area (Å²) in [4.78, 5) is 26.6. The molecule has 2 heterocycles. The van der Waals surface area contributed by atoms with Crippen LogP contribution < -0.4 is 4.74 Å². The van der Waals surface area contributed by atoms with Gasteiger partial charge < -0.3 is 18.9 Å². The van der Waals surface area contributed by atoms with Crippen LogP contribution >= 0.6 is 0 Å². The van der Waals surface area contributed by atoms with Crippen LogP contribution in [0, 0.1) is 19.8 Å². The molecular weight excluding hydrogens is 344 g/mol. The molecule has 0 atom stereocenters. The molecule has 3 rings (SSSR count). The lowest BCUT2D eigenvalue weighted by Gasteiger charge is -2.30. The molecule has 1 saturated heterocycles. The van der Waals surface area contributed by atoms with Crippen LogP contribution in [0.5, 0.6) is 5.75 Å². The van der Waals surface area contributed by atoms with Gasteiger partial charge in [-0.05, 0) is 57.0 Å². The molecule has 0 N–H and O–H groups in total. The molecule has 0 bridgehead atoms. The van der Waals surface area contributed by atoms with E-state index >= 15 is 0 Å². The SMILES string of the molecule is COC(=O)C1CCN(C(=O)c2cc(C)n(-c3ccc(OC)cc3)c2C)CC1. The van der Waals surface area contributed by atoms with Crippen molar-refractivity contribution in [3.05, 3.63) is 47.3 Å². The fourth-order valence-electron chi connectivity index (χ4n) is 3.76. The van der Waals surface area contributed by atoms with Crippen molar-refractivity contribution in [2.75, 3.05) is 27.3 Å². The second-order valence-corrected chi connectivity index (χ2v) is 6.91. The van der Waals surface area contributed by atoms with Crippen molar-refractivity contribution in [3.8, 4) is 11.4 Å². The highest BCUT2D eigenvalue weighted by atomic mass is 16.5. The monoisotopic (exact) mass is 370 g/mol. The summed E-state index contributed by atoms with van der Waals surface area (Å²) in [6.45, 7) is 5.11. The Hall–Kier alpha value is -2.76. The van der Waals surface area contributed by atoms with E-state index in [4.69, 9.17) is 9.47 Å². The second-order valence-electron chi connectivity index (χ2n) is 6.91. The Kier molecular flexibility index (Phi) is 5.54. The minimum atomic E-state index is -0.181. The van der Waals surface area contributed by atoms with E-state index in [1.54, 1.807) is 7.11 Å². The van der Waals surface area contributed by atoms with Crippen molar-refractivity contribution >= 4 is 11.9 Å². The van der Waals surface area contributed by atoms with Crippen molar-refractivity contribution in [2.24, 2.45) is 5.92 Å². The molecule has 1 aliphatic rings. The number of esters is 1. The van der Waals surface area contributed by atoms with Crippen molar-refractivity contribution in [2.45, 2.75) is 26.7 Å². The molecule has 0 spiro atoms. The van der Waals surface area contributed by atoms with E-state index in [1.165, 1.54) is 7.11 Å². The lowest BCUT2D eigenvalue weighted by molar-refractivity contribution is -0.146. The van der Waals surface area contributed by atoms with Crippen LogP contribution in [-0.4, -0.2) is 48.7 Å². The van der Waals surface area contributed by atoms with E-state index in [-0.39, 0.29) is 17.8 Å². The number of methoxy groups -OCH3 is 2. The molecule has 1 aliphatic heterocycles. The number of hydrogen-bond acceptors (Lipinski definition) is 4. The molecular formula is C21H26N2O4. The number of piperidine rings is 1. The third-order valence-electron chi connectivity index (χ3n) is 5.31. The number of hydrogen-bond donors (Lipinski definition) is 0. The Morgan fingerprint density at radius 2 is 1.67 bits per heavy atom. The maximum Gasteiger partial charge on any atom is 0.308 e. The van der Waals surface area contributed by atoms with Gasteiger partial charge in [0.25, 0.3) is 5.91 Å². The van der Waals surface area contributed by atoms with Gasteiger partial charge in [0.2, 0.25) is 0 Å². The number of aryl methyl sites for hydroxylation is 1. The fourth-order valence-corrected chi connectivity index (χ4v) is 3.76. The average Bonchev–Trinajstić information content (AvgIpc) is 3.01. The molecule has 6 heteroatoms. The largest absolute Gasteiger partial charge is 0.497 e. The molecule has 0 radical (unpaired) electrons. The summed E-state index contributed by atoms with van der Waals surface area (Å²) < 4.78 is 12.1. The molecule has 144 valence electrons. The van der Waals surface area contributed by atoms with Gasteiger partial charge in [0.1, 0.15) is 5.75 Å². The second kappa shape index (κ2) is 7.86. The highest BCUT2D eigenvalue weighted by molar-refractivity contribution is 5.96. The van der Waals surface area contributed by atoms with Crippen LogP contribution in [0.1, 0.15) is 34.6 Å². The topological polar surface area (TPSA) is 60.8 Å². The number of aromatic nitrogens is 1. The molecule has 0 aliphatic carbocycles. The summed E-state index contributed by atoms with van der Waals surface area (Å²) >= 11 is 0. The third-order valence-corrected chi connectivity index (χ3v) is 5.31. The first-order valence-corrected chi connectivity index (χ1v) is 9.16. The molecule has 2 aromatic rings. The van der Waals surface area contributed by atoms with Crippen LogP contribution in [0.25, 0.3) is 5.69 Å². The van der Waals surface area contributed by atoms with Gasteiger partial charge in [0.15, 0.2) is 0 Å². The quantitative estimate of drug-likeness (QED) is 0.776. The van der Waals surface area contributed by atoms with Crippen LogP contribution in [-0.2, 0) is 9.53 Å². The van der Waals surface area contributed by atoms with E-state index in [2.05, 4.69) is 4.57 Å². The van der Waals surface area contributed by atoms with Gasteiger partial charge in [0, 0.05) is 30.2 Å². The predicted molar refractivity (Wildman–Crippen MR) is 102 cm³/mol. The van der Waals surface area contributed by atoms with Gasteiger partial charge in [-0.1, -0.05) is 0 Å². The Morgan fingerprint density at radius 1 is 1.04 bits per heavy atom. The zero-order valence-electron chi connectivity index (χ0n) is 16.3. The first kappa shape index (κ1) is 19.0. The Labute approximate surface area is 159 Å². The minimum Gasteiger partial charge on any atom is -0.497 e. The first-order chi connectivity index (χ1) is 13.0. The zero-order valence-corrected chi connectivity index (χ0v) is 16.3. The number of rotatable bonds is 4. The van der Waals surface area contributed by atoms with Crippen LogP contribution in [0.3, 0.4) is 0 Å². The highest BCUT2D eigenvalue weighted by Gasteiger charge is 2.29. The van der Waals surface area contributed by atoms with E-state index in [0.29, 0.717) is 31.5 Å². The number of likely N-dealkylation sites (tertiary alicyclic amines) is 1. The van der Waals surface area contributed by atoms with Gasteiger partial charge in [0.05, 0.1) is 25.7 Å². The van der Waals surface area contributed by atoms with Crippen molar-refractivity contribution < 1.29 is 19.1 Å². The molecule has 1 aromatic carbocycles. The normalized spacial score (nSPS) is 14.9. The van der Waals surface area contributed by atoms with Gasteiger partial charge in [-0.2, -0.15) is 0 Å². The number of nitrogens with zero attached hydrogens (tertiary/aromatic N) is 2. The number of amides is 1. The number of benzene rings is 1. The van der Waals surface area contributed by atoms with Crippen molar-refractivity contribution in [3.63, 3.8) is 0 Å². The van der Waals surface area contributed by atoms with Crippen molar-refractivity contribution in [1.29, 1.82) is 0 Å². The standard InChI is InChI=1S/C21H26N2O4/c1-14-13-19(15(2)23(14)17-5-7-18(26-3)8-6-17)20(24)22-11-9-16(10-12-22)21(25)27-4/h5-8,13,16H,9-12H2,1-4H3. The average molecular weight is 370 g/mol. The van der Waals surface area contributed by atoms with Gasteiger partial charge >= 0.3 is 5.97 Å². The molecule has 1 amide bonds. The van der Waals surface area contributed by atoms with Gasteiger partial charge in [-0.3, -0.25) is 9.59 Å². The smallest absolute Gasteiger partial charge is 0.308 e. The molecule has 1 aromatic heterocycles. The lowest BCUT2D eigenvalue weighted by atomic mass is 9.96. The maximum atomic E-state index is 13.0. The van der Waals surface area contributed by atoms with Crippen molar-refractivity contribution in [1.82, 2.24) is 9.47 Å². The Morgan fingerprint density at radius 3 is 2.22 bits per heavy atom. The van der Waals surface area contributed by atoms with Crippen LogP contribution in [0.4, 0.5) is 0 Å². The lowest BCUT2D eigenvalue weighted by Crippen LogP contribution is -2.40. The summed E-state index contributed by atoms with van der Waals surface area (Å²) in [6.07, 6.45) is 1.30. The predicted octanol–water partition coefficient (Wildman–Crippen LogP) is 3.13. The Bertz CT molecular complexity index is 831. The third kappa shape index (κ3) is 3.70. The van der Waals surface area contributed by atoms with Gasteiger partial charge in [-0.15, -0.1) is 0 Å². The van der Waals surface area contributed by atoms with E-state index in [9.17, 15) is 9.59 Å². The summed E-state index contributed by atoms with van der Waals surface area (Å²) in [6, 6.07) is 9.72. The number of carbonyl (C=O) groups excluding carboxylic acids is 2. The molecule has 6 nitrogen and oxygen atoms in total. The summed E-state index contributed by atoms with van der Waals surface area (Å²) in [5.74, 6) is 0.530. The summed E-state index contributed by atoms with van der Waals surface area (Å²) in [7, 11) is 3.05. The fraction of sp³-hybridized carbons (Fsp3) is 0.429. The Balaban J connectivity index is 1.79. The van der Waals surface area contributed by atoms with E-state index in [0.717, 1.165) is 22.8 Å². The molecule has 27 heavy (non-hydrogen) atoms. The molecule has 0 unspecified atom stereocenters. The summed E-state index contributed by atoms with van der Waals surface area (Å²) in [5, 5.41) is 0. The molecule has 1 fully saturated rings. The van der Waals surface area contributed by atoms with Gasteiger partial charge in [-0.25, -0.2) is 0 Å². The van der Waals surface area contributed by atoms with Crippen LogP contribution in [0.2, 0.25) is 0 Å². The van der Waals surface area contributed by atoms with E-state index in [1.807, 2.05) is 49.1 Å². The van der Waals surface area contributed by atoms with Crippen LogP contribution in [0.15, 0.2) is 30.3 Å². The molecule has 0 saturated carbocycles. The number of carbonyl (C=O) groups is 2. The number of ether oxygens (including phenoxy) is 2. The van der Waals surface area contributed by atoms with E-state index < -0.39 is 0 Å². The maximum absolute atomic E-state index is 13.0. The highest BCUT2D eigenvalue weighted by Crippen LogP contribution is 2.26. The first-order valence-electron chi connectivity index (χ1n) is 9.16. The minimum absolute atomic E-state index is 0.0196.